The van der Waals surface area contributed by atoms with Crippen molar-refractivity contribution >= 4 is 0 Å². The summed E-state index contributed by atoms with van der Waals surface area (Å²) in [7, 11) is 0. The number of benzene rings is 1. The molecule has 2 aromatic rings. The van der Waals surface area contributed by atoms with Crippen LogP contribution >= 0.6 is 0 Å². The number of hydrogen-bond acceptors (Lipinski definition) is 3. The quantitative estimate of drug-likeness (QED) is 0.815. The molecule has 16 heavy (non-hydrogen) atoms. The maximum absolute atomic E-state index is 11.8. The lowest BCUT2D eigenvalue weighted by Crippen LogP contribution is -2.20. The maximum Gasteiger partial charge on any atom is 0.276 e. The Morgan fingerprint density at radius 2 is 2.00 bits per heavy atom. The molecule has 0 atom stereocenters. The van der Waals surface area contributed by atoms with Crippen molar-refractivity contribution in [2.75, 3.05) is 0 Å². The second kappa shape index (κ2) is 4.28. The van der Waals surface area contributed by atoms with Gasteiger partial charge in [0, 0.05) is 18.1 Å². The van der Waals surface area contributed by atoms with Gasteiger partial charge in [-0.05, 0) is 24.6 Å². The highest BCUT2D eigenvalue weighted by molar-refractivity contribution is 5.34. The van der Waals surface area contributed by atoms with Gasteiger partial charge in [0.15, 0.2) is 0 Å². The SMILES string of the molecule is Cc1nccn(-c2ccc(CO)cc2)c1=O. The molecule has 0 saturated heterocycles. The van der Waals surface area contributed by atoms with Gasteiger partial charge < -0.3 is 5.11 Å². The third-order valence-corrected chi connectivity index (χ3v) is 2.41. The summed E-state index contributed by atoms with van der Waals surface area (Å²) in [5.74, 6) is 0. The van der Waals surface area contributed by atoms with Gasteiger partial charge in [0.1, 0.15) is 5.69 Å². The van der Waals surface area contributed by atoms with E-state index < -0.39 is 0 Å². The van der Waals surface area contributed by atoms with Crippen molar-refractivity contribution in [1.29, 1.82) is 0 Å². The zero-order valence-electron chi connectivity index (χ0n) is 8.92. The first-order valence-electron chi connectivity index (χ1n) is 4.97. The van der Waals surface area contributed by atoms with Crippen molar-refractivity contribution < 1.29 is 5.11 Å². The average Bonchev–Trinajstić information content (AvgIpc) is 2.33. The highest BCUT2D eigenvalue weighted by Crippen LogP contribution is 2.07. The zero-order valence-corrected chi connectivity index (χ0v) is 8.92. The summed E-state index contributed by atoms with van der Waals surface area (Å²) in [4.78, 5) is 15.7. The van der Waals surface area contributed by atoms with E-state index in [1.165, 1.54) is 4.57 Å². The highest BCUT2D eigenvalue weighted by atomic mass is 16.3. The van der Waals surface area contributed by atoms with Gasteiger partial charge >= 0.3 is 0 Å². The van der Waals surface area contributed by atoms with E-state index in [4.69, 9.17) is 5.11 Å². The van der Waals surface area contributed by atoms with Gasteiger partial charge in [0.25, 0.3) is 5.56 Å². The van der Waals surface area contributed by atoms with E-state index >= 15 is 0 Å². The Bertz CT molecular complexity index is 544. The van der Waals surface area contributed by atoms with Gasteiger partial charge in [-0.15, -0.1) is 0 Å². The molecule has 0 bridgehead atoms. The van der Waals surface area contributed by atoms with E-state index in [-0.39, 0.29) is 12.2 Å². The second-order valence-corrected chi connectivity index (χ2v) is 3.51. The summed E-state index contributed by atoms with van der Waals surface area (Å²) in [5.41, 5.74) is 1.93. The van der Waals surface area contributed by atoms with Crippen molar-refractivity contribution in [2.24, 2.45) is 0 Å². The van der Waals surface area contributed by atoms with Crippen molar-refractivity contribution in [1.82, 2.24) is 9.55 Å². The molecule has 0 aliphatic heterocycles. The van der Waals surface area contributed by atoms with E-state index in [1.54, 1.807) is 43.6 Å². The minimum absolute atomic E-state index is 0.00452. The van der Waals surface area contributed by atoms with Crippen LogP contribution in [0, 0.1) is 6.92 Å². The van der Waals surface area contributed by atoms with Crippen LogP contribution in [0.1, 0.15) is 11.3 Å². The van der Waals surface area contributed by atoms with Crippen LogP contribution in [0.25, 0.3) is 5.69 Å². The molecule has 0 fully saturated rings. The Balaban J connectivity index is 2.51. The Kier molecular flexibility index (Phi) is 2.83. The number of aromatic nitrogens is 2. The lowest BCUT2D eigenvalue weighted by atomic mass is 10.2. The van der Waals surface area contributed by atoms with Gasteiger partial charge in [-0.1, -0.05) is 12.1 Å². The molecule has 4 nitrogen and oxygen atoms in total. The van der Waals surface area contributed by atoms with Gasteiger partial charge in [0.05, 0.1) is 6.61 Å². The van der Waals surface area contributed by atoms with Gasteiger partial charge in [-0.2, -0.15) is 0 Å². The number of nitrogens with zero attached hydrogens (tertiary/aromatic N) is 2. The van der Waals surface area contributed by atoms with Gasteiger partial charge in [-0.25, -0.2) is 0 Å². The predicted octanol–water partition coefficient (Wildman–Crippen LogP) is 1.03. The molecule has 0 aliphatic carbocycles. The molecule has 0 radical (unpaired) electrons. The summed E-state index contributed by atoms with van der Waals surface area (Å²) in [6.45, 7) is 1.69. The predicted molar refractivity (Wildman–Crippen MR) is 60.5 cm³/mol. The van der Waals surface area contributed by atoms with Crippen LogP contribution in [0.4, 0.5) is 0 Å². The van der Waals surface area contributed by atoms with Crippen LogP contribution in [0.3, 0.4) is 0 Å². The molecule has 82 valence electrons. The normalized spacial score (nSPS) is 10.4. The molecule has 2 rings (SSSR count). The van der Waals surface area contributed by atoms with Crippen molar-refractivity contribution in [2.45, 2.75) is 13.5 Å². The topological polar surface area (TPSA) is 55.1 Å². The number of aryl methyl sites for hydroxylation is 1. The molecule has 4 heteroatoms. The van der Waals surface area contributed by atoms with Crippen LogP contribution in [-0.4, -0.2) is 14.7 Å². The van der Waals surface area contributed by atoms with E-state index in [1.807, 2.05) is 0 Å². The standard InChI is InChI=1S/C12H12N2O2/c1-9-12(16)14(7-6-13-9)11-4-2-10(8-15)3-5-11/h2-7,15H,8H2,1H3. The number of rotatable bonds is 2. The highest BCUT2D eigenvalue weighted by Gasteiger charge is 2.01. The molecule has 1 aromatic heterocycles. The molecule has 0 unspecified atom stereocenters. The van der Waals surface area contributed by atoms with Gasteiger partial charge in [0.2, 0.25) is 0 Å². The van der Waals surface area contributed by atoms with E-state index in [2.05, 4.69) is 4.98 Å². The largest absolute Gasteiger partial charge is 0.392 e. The second-order valence-electron chi connectivity index (χ2n) is 3.51. The first-order valence-corrected chi connectivity index (χ1v) is 4.97. The van der Waals surface area contributed by atoms with Crippen LogP contribution in [0.2, 0.25) is 0 Å². The Morgan fingerprint density at radius 3 is 2.62 bits per heavy atom. The molecule has 0 aliphatic rings. The summed E-state index contributed by atoms with van der Waals surface area (Å²) in [5, 5.41) is 8.92. The fourth-order valence-electron chi connectivity index (χ4n) is 1.47. The van der Waals surface area contributed by atoms with E-state index in [0.29, 0.717) is 5.69 Å². The summed E-state index contributed by atoms with van der Waals surface area (Å²) < 4.78 is 1.53. The Labute approximate surface area is 92.8 Å². The lowest BCUT2D eigenvalue weighted by Gasteiger charge is -2.06. The smallest absolute Gasteiger partial charge is 0.276 e. The number of hydrogen-bond donors (Lipinski definition) is 1. The molecule has 1 aromatic carbocycles. The maximum atomic E-state index is 11.8. The summed E-state index contributed by atoms with van der Waals surface area (Å²) in [6.07, 6.45) is 3.22. The van der Waals surface area contributed by atoms with Crippen molar-refractivity contribution in [3.63, 3.8) is 0 Å². The lowest BCUT2D eigenvalue weighted by molar-refractivity contribution is 0.282. The third kappa shape index (κ3) is 1.87. The average molecular weight is 216 g/mol. The summed E-state index contributed by atoms with van der Waals surface area (Å²) >= 11 is 0. The van der Waals surface area contributed by atoms with Crippen LogP contribution in [0.15, 0.2) is 41.5 Å². The first kappa shape index (κ1) is 10.6. The number of aliphatic hydroxyl groups excluding tert-OH is 1. The minimum atomic E-state index is -0.126. The van der Waals surface area contributed by atoms with Crippen LogP contribution in [0.5, 0.6) is 0 Å². The van der Waals surface area contributed by atoms with Crippen LogP contribution < -0.4 is 5.56 Å². The van der Waals surface area contributed by atoms with Crippen LogP contribution in [-0.2, 0) is 6.61 Å². The van der Waals surface area contributed by atoms with E-state index in [9.17, 15) is 4.79 Å². The minimum Gasteiger partial charge on any atom is -0.392 e. The monoisotopic (exact) mass is 216 g/mol. The fourth-order valence-corrected chi connectivity index (χ4v) is 1.47. The Hall–Kier alpha value is -1.94. The zero-order chi connectivity index (χ0) is 11.5. The molecule has 0 saturated carbocycles. The molecular formula is C12H12N2O2. The molecule has 1 N–H and O–H groups in total. The molecule has 1 heterocycles. The van der Waals surface area contributed by atoms with Crippen molar-refractivity contribution in [3.05, 3.63) is 58.3 Å². The molecule has 0 spiro atoms. The molecular weight excluding hydrogens is 204 g/mol. The molecule has 0 amide bonds. The number of aliphatic hydroxyl groups is 1. The van der Waals surface area contributed by atoms with Crippen molar-refractivity contribution in [3.8, 4) is 5.69 Å². The third-order valence-electron chi connectivity index (χ3n) is 2.41. The van der Waals surface area contributed by atoms with E-state index in [0.717, 1.165) is 11.3 Å². The summed E-state index contributed by atoms with van der Waals surface area (Å²) in [6, 6.07) is 7.17. The van der Waals surface area contributed by atoms with Gasteiger partial charge in [-0.3, -0.25) is 14.3 Å². The fraction of sp³-hybridized carbons (Fsp3) is 0.167. The first-order chi connectivity index (χ1) is 7.72. The Morgan fingerprint density at radius 1 is 1.31 bits per heavy atom.